The number of hydrogen-bond donors (Lipinski definition) is 0. The predicted octanol–water partition coefficient (Wildman–Crippen LogP) is 5.28. The first-order chi connectivity index (χ1) is 12.8. The maximum absolute atomic E-state index is 12.9. The number of carbonyl (C=O) groups is 1. The van der Waals surface area contributed by atoms with Crippen LogP contribution in [0.4, 0.5) is 0 Å². The fourth-order valence-corrected chi connectivity index (χ4v) is 5.61. The Hall–Kier alpha value is -2.93. The third kappa shape index (κ3) is 1.59. The Morgan fingerprint density at radius 1 is 0.769 bits per heavy atom. The van der Waals surface area contributed by atoms with Gasteiger partial charge in [-0.2, -0.15) is 0 Å². The van der Waals surface area contributed by atoms with Crippen molar-refractivity contribution in [3.63, 3.8) is 0 Å². The van der Waals surface area contributed by atoms with Crippen LogP contribution in [0.3, 0.4) is 0 Å². The van der Waals surface area contributed by atoms with Gasteiger partial charge in [0.2, 0.25) is 0 Å². The summed E-state index contributed by atoms with van der Waals surface area (Å²) in [7, 11) is 0. The van der Waals surface area contributed by atoms with Crippen LogP contribution in [-0.2, 0) is 10.2 Å². The minimum atomic E-state index is -0.262. The van der Waals surface area contributed by atoms with E-state index in [1.807, 2.05) is 6.08 Å². The summed E-state index contributed by atoms with van der Waals surface area (Å²) in [5, 5.41) is 2.65. The number of benzene rings is 3. The highest BCUT2D eigenvalue weighted by Gasteiger charge is 2.54. The maximum Gasteiger partial charge on any atom is 0.162 e. The van der Waals surface area contributed by atoms with Gasteiger partial charge < -0.3 is 0 Å². The number of fused-ring (bicyclic) bond motifs is 1. The van der Waals surface area contributed by atoms with E-state index in [4.69, 9.17) is 0 Å². The lowest BCUT2D eigenvalue weighted by molar-refractivity contribution is -0.117. The largest absolute Gasteiger partial charge is 0.294 e. The van der Waals surface area contributed by atoms with Crippen LogP contribution in [0.15, 0.2) is 91.0 Å². The van der Waals surface area contributed by atoms with Crippen LogP contribution in [0, 0.1) is 5.92 Å². The van der Waals surface area contributed by atoms with E-state index >= 15 is 0 Å². The van der Waals surface area contributed by atoms with Crippen LogP contribution in [0.25, 0.3) is 10.8 Å². The van der Waals surface area contributed by atoms with Crippen LogP contribution in [0.1, 0.15) is 28.5 Å². The van der Waals surface area contributed by atoms with Gasteiger partial charge in [-0.3, -0.25) is 4.79 Å². The van der Waals surface area contributed by atoms with Crippen LogP contribution in [0.2, 0.25) is 0 Å². The number of hydrogen-bond acceptors (Lipinski definition) is 1. The maximum atomic E-state index is 12.9. The fourth-order valence-electron chi connectivity index (χ4n) is 5.61. The molecule has 4 atom stereocenters. The van der Waals surface area contributed by atoms with Gasteiger partial charge in [-0.05, 0) is 33.5 Å². The summed E-state index contributed by atoms with van der Waals surface area (Å²) >= 11 is 0. The Balaban J connectivity index is 1.73. The lowest BCUT2D eigenvalue weighted by atomic mass is 9.59. The highest BCUT2D eigenvalue weighted by atomic mass is 16.1. The predicted molar refractivity (Wildman–Crippen MR) is 104 cm³/mol. The van der Waals surface area contributed by atoms with E-state index in [9.17, 15) is 4.79 Å². The first kappa shape index (κ1) is 14.3. The van der Waals surface area contributed by atoms with Gasteiger partial charge in [-0.1, -0.05) is 85.0 Å². The fraction of sp³-hybridized carbons (Fsp3) is 0.160. The molecule has 3 aromatic carbocycles. The summed E-state index contributed by atoms with van der Waals surface area (Å²) in [6.07, 6.45) is 8.46. The summed E-state index contributed by atoms with van der Waals surface area (Å²) in [5.41, 5.74) is 3.73. The lowest BCUT2D eigenvalue weighted by Gasteiger charge is -2.42. The minimum absolute atomic E-state index is 0.0615. The van der Waals surface area contributed by atoms with Crippen LogP contribution in [-0.4, -0.2) is 5.78 Å². The third-order valence-electron chi connectivity index (χ3n) is 6.63. The average Bonchev–Trinajstić information content (AvgIpc) is 2.87. The third-order valence-corrected chi connectivity index (χ3v) is 6.63. The molecule has 2 bridgehead atoms. The van der Waals surface area contributed by atoms with Crippen molar-refractivity contribution in [1.82, 2.24) is 0 Å². The average molecular weight is 334 g/mol. The lowest BCUT2D eigenvalue weighted by Crippen LogP contribution is -2.36. The highest BCUT2D eigenvalue weighted by molar-refractivity contribution is 6.00. The Labute approximate surface area is 152 Å². The Kier molecular flexibility index (Phi) is 2.65. The van der Waals surface area contributed by atoms with Gasteiger partial charge in [0.05, 0.1) is 0 Å². The zero-order valence-corrected chi connectivity index (χ0v) is 14.3. The summed E-state index contributed by atoms with van der Waals surface area (Å²) < 4.78 is 0. The van der Waals surface area contributed by atoms with Gasteiger partial charge in [-0.25, -0.2) is 0 Å². The van der Waals surface area contributed by atoms with E-state index in [-0.39, 0.29) is 29.0 Å². The standard InChI is InChI=1S/C25H18O/c26-21-13-15-25(17-8-2-1-3-9-17)14-12-18(21)23-19-10-4-6-16-7-5-11-20(22(16)19)24(23)25/h1-15,18,23-24H/t18-,23+,24-,25+/m0/s1. The first-order valence-electron chi connectivity index (χ1n) is 9.29. The zero-order valence-electron chi connectivity index (χ0n) is 14.3. The van der Waals surface area contributed by atoms with Gasteiger partial charge in [0, 0.05) is 23.2 Å². The molecule has 1 heteroatoms. The van der Waals surface area contributed by atoms with Crippen molar-refractivity contribution in [3.05, 3.63) is 108 Å². The van der Waals surface area contributed by atoms with E-state index in [0.29, 0.717) is 0 Å². The van der Waals surface area contributed by atoms with E-state index in [2.05, 4.69) is 85.0 Å². The number of allylic oxidation sites excluding steroid dienone is 4. The smallest absolute Gasteiger partial charge is 0.162 e. The summed E-state index contributed by atoms with van der Waals surface area (Å²) in [4.78, 5) is 12.9. The molecule has 0 N–H and O–H groups in total. The molecule has 4 aliphatic rings. The molecule has 0 saturated heterocycles. The molecular weight excluding hydrogens is 316 g/mol. The molecule has 4 aliphatic carbocycles. The highest BCUT2D eigenvalue weighted by Crippen LogP contribution is 2.62. The van der Waals surface area contributed by atoms with E-state index in [1.165, 1.54) is 27.5 Å². The Morgan fingerprint density at radius 3 is 2.35 bits per heavy atom. The molecule has 26 heavy (non-hydrogen) atoms. The Bertz CT molecular complexity index is 1120. The summed E-state index contributed by atoms with van der Waals surface area (Å²) in [6, 6.07) is 23.8. The molecule has 0 radical (unpaired) electrons. The molecule has 0 aromatic heterocycles. The number of ketones is 1. The normalized spacial score (nSPS) is 30.6. The van der Waals surface area contributed by atoms with Crippen molar-refractivity contribution in [2.24, 2.45) is 5.92 Å². The molecule has 7 rings (SSSR count). The van der Waals surface area contributed by atoms with Crippen LogP contribution < -0.4 is 0 Å². The van der Waals surface area contributed by atoms with Crippen molar-refractivity contribution >= 4 is 16.6 Å². The molecule has 0 aliphatic heterocycles. The van der Waals surface area contributed by atoms with Gasteiger partial charge in [-0.15, -0.1) is 0 Å². The Morgan fingerprint density at radius 2 is 1.54 bits per heavy atom. The van der Waals surface area contributed by atoms with Crippen molar-refractivity contribution in [1.29, 1.82) is 0 Å². The van der Waals surface area contributed by atoms with Crippen molar-refractivity contribution in [2.45, 2.75) is 17.3 Å². The molecule has 0 unspecified atom stereocenters. The van der Waals surface area contributed by atoms with Gasteiger partial charge in [0.25, 0.3) is 0 Å². The SMILES string of the molecule is O=C1C=C[C@@]2(c3ccccc3)C=C[C@@H]1[C@@H]1c3cccc4cccc(c34)[C@@H]12. The first-order valence-corrected chi connectivity index (χ1v) is 9.29. The van der Waals surface area contributed by atoms with Gasteiger partial charge in [0.15, 0.2) is 5.78 Å². The summed E-state index contributed by atoms with van der Waals surface area (Å²) in [6.45, 7) is 0. The van der Waals surface area contributed by atoms with Crippen molar-refractivity contribution in [2.75, 3.05) is 0 Å². The molecule has 3 aromatic rings. The number of rotatable bonds is 1. The second kappa shape index (κ2) is 4.82. The molecule has 1 nitrogen and oxygen atoms in total. The molecule has 124 valence electrons. The van der Waals surface area contributed by atoms with Crippen LogP contribution >= 0.6 is 0 Å². The van der Waals surface area contributed by atoms with Crippen LogP contribution in [0.5, 0.6) is 0 Å². The van der Waals surface area contributed by atoms with Gasteiger partial charge in [0.1, 0.15) is 0 Å². The molecule has 0 amide bonds. The van der Waals surface area contributed by atoms with Gasteiger partial charge >= 0.3 is 0 Å². The molecule has 0 saturated carbocycles. The van der Waals surface area contributed by atoms with Crippen molar-refractivity contribution in [3.8, 4) is 0 Å². The molecule has 0 heterocycles. The van der Waals surface area contributed by atoms with E-state index in [1.54, 1.807) is 0 Å². The quantitative estimate of drug-likeness (QED) is 0.553. The second-order valence-corrected chi connectivity index (χ2v) is 7.72. The summed E-state index contributed by atoms with van der Waals surface area (Å²) in [5.74, 6) is 0.650. The minimum Gasteiger partial charge on any atom is -0.294 e. The molecular formula is C25H18O. The molecule has 0 fully saturated rings. The second-order valence-electron chi connectivity index (χ2n) is 7.72. The topological polar surface area (TPSA) is 17.1 Å². The van der Waals surface area contributed by atoms with E-state index in [0.717, 1.165) is 0 Å². The monoisotopic (exact) mass is 334 g/mol. The number of carbonyl (C=O) groups excluding carboxylic acids is 1. The molecule has 0 spiro atoms. The van der Waals surface area contributed by atoms with Crippen molar-refractivity contribution < 1.29 is 4.79 Å². The zero-order chi connectivity index (χ0) is 17.3. The van der Waals surface area contributed by atoms with E-state index < -0.39 is 0 Å².